The molecule has 21 atom stereocenters. The van der Waals surface area contributed by atoms with Gasteiger partial charge in [-0.15, -0.1) is 0 Å². The van der Waals surface area contributed by atoms with E-state index in [1.165, 1.54) is 29.5 Å². The van der Waals surface area contributed by atoms with E-state index in [1.54, 1.807) is 0 Å². The van der Waals surface area contributed by atoms with Crippen LogP contribution in [0.5, 0.6) is 5.75 Å². The number of epoxide rings is 1. The number of hydrogen-bond donors (Lipinski definition) is 7. The molecule has 12 rings (SSSR count). The van der Waals surface area contributed by atoms with E-state index < -0.39 is 44.9 Å². The number of allylic oxidation sites excluding steroid dienone is 2. The smallest absolute Gasteiger partial charge is 0.160 e. The van der Waals surface area contributed by atoms with E-state index in [0.717, 1.165) is 138 Å². The summed E-state index contributed by atoms with van der Waals surface area (Å²) in [6.45, 7) is 19.5. The number of rotatable bonds is 14. The number of Topliss-reactive ketones (excluding diaryl/α,β-unsaturated/α-hetero) is 2. The molecule has 83 heavy (non-hydrogen) atoms. The number of ketones is 2. The number of β-amino-alcohol motifs (C(OH)–C–C–N with tert-alkyl or cyclic N) is 1. The lowest BCUT2D eigenvalue weighted by Gasteiger charge is -2.74. The Morgan fingerprint density at radius 1 is 0.855 bits per heavy atom. The van der Waals surface area contributed by atoms with Crippen LogP contribution in [0.2, 0.25) is 0 Å². The highest BCUT2D eigenvalue weighted by Crippen LogP contribution is 2.79. The molecule has 8 aliphatic carbocycles. The fourth-order valence-electron chi connectivity index (χ4n) is 23.6. The number of carbonyl (C=O) groups excluding carboxylic acids is 2. The zero-order chi connectivity index (χ0) is 58.8. The Kier molecular flexibility index (Phi) is 16.3. The van der Waals surface area contributed by atoms with Gasteiger partial charge < -0.3 is 41.5 Å². The largest absolute Gasteiger partial charge is 0.508 e. The van der Waals surface area contributed by atoms with Gasteiger partial charge in [-0.2, -0.15) is 0 Å². The number of aromatic hydroxyl groups is 1. The highest BCUT2D eigenvalue weighted by molar-refractivity contribution is 6.01. The average molecular weight is 1140 g/mol. The number of aliphatic hydroxyl groups is 3. The molecule has 10 nitrogen and oxygen atoms in total. The van der Waals surface area contributed by atoms with Gasteiger partial charge in [0.05, 0.1) is 17.3 Å². The van der Waals surface area contributed by atoms with Crippen LogP contribution in [0.25, 0.3) is 0 Å². The molecule has 458 valence electrons. The zero-order valence-corrected chi connectivity index (χ0v) is 52.7. The molecule has 10 aliphatic rings. The molecule has 0 radical (unpaired) electrons. The summed E-state index contributed by atoms with van der Waals surface area (Å²) in [6, 6.07) is 12.5. The highest BCUT2D eigenvalue weighted by Gasteiger charge is 2.76. The van der Waals surface area contributed by atoms with Gasteiger partial charge in [-0.3, -0.25) is 9.59 Å². The lowest BCUT2D eigenvalue weighted by molar-refractivity contribution is -0.233. The third-order valence-electron chi connectivity index (χ3n) is 26.5. The molecule has 6 saturated carbocycles. The average Bonchev–Trinajstić information content (AvgIpc) is 1.75. The third kappa shape index (κ3) is 9.91. The van der Waals surface area contributed by atoms with Crippen LogP contribution in [0.15, 0.2) is 47.5 Å². The van der Waals surface area contributed by atoms with Crippen molar-refractivity contribution in [2.45, 2.75) is 251 Å². The van der Waals surface area contributed by atoms with Crippen LogP contribution in [0.1, 0.15) is 231 Å². The topological polar surface area (TPSA) is 178 Å². The number of fused-ring (bicyclic) bond motifs is 2. The van der Waals surface area contributed by atoms with Crippen molar-refractivity contribution in [1.82, 2.24) is 10.6 Å². The maximum Gasteiger partial charge on any atom is 0.160 e. The summed E-state index contributed by atoms with van der Waals surface area (Å²) in [5, 5.41) is 57.5. The van der Waals surface area contributed by atoms with Gasteiger partial charge in [0.25, 0.3) is 0 Å². The number of anilines is 1. The maximum absolute atomic E-state index is 16.4. The minimum Gasteiger partial charge on any atom is -0.508 e. The first-order valence-corrected chi connectivity index (χ1v) is 34.2. The predicted molar refractivity (Wildman–Crippen MR) is 330 cm³/mol. The van der Waals surface area contributed by atoms with Crippen LogP contribution >= 0.6 is 0 Å². The van der Waals surface area contributed by atoms with Crippen molar-refractivity contribution in [2.24, 2.45) is 86.8 Å². The fraction of sp³-hybridized carbons (Fsp3) is 0.781. The number of hydrogen-bond acceptors (Lipinski definition) is 10. The van der Waals surface area contributed by atoms with E-state index in [1.807, 2.05) is 26.1 Å². The summed E-state index contributed by atoms with van der Waals surface area (Å²) in [7, 11) is 1.92. The second-order valence-electron chi connectivity index (χ2n) is 31.9. The number of benzene rings is 2. The summed E-state index contributed by atoms with van der Waals surface area (Å²) in [4.78, 5) is 32.5. The molecule has 8 fully saturated rings. The van der Waals surface area contributed by atoms with Gasteiger partial charge >= 0.3 is 0 Å². The van der Waals surface area contributed by atoms with Gasteiger partial charge in [0.1, 0.15) is 17.6 Å². The number of phenols is 1. The van der Waals surface area contributed by atoms with Crippen LogP contribution in [-0.4, -0.2) is 81.6 Å². The molecule has 2 aromatic carbocycles. The van der Waals surface area contributed by atoms with E-state index in [4.69, 9.17) is 10.5 Å². The number of phenolic OH excluding ortho intramolecular Hbond substituents is 1. The number of nitrogens with one attached hydrogen (secondary N) is 2. The molecule has 2 aliphatic heterocycles. The number of ether oxygens (including phenoxy) is 1. The van der Waals surface area contributed by atoms with E-state index in [2.05, 4.69) is 83.4 Å². The Morgan fingerprint density at radius 2 is 1.61 bits per heavy atom. The summed E-state index contributed by atoms with van der Waals surface area (Å²) in [6.07, 6.45) is 20.7. The molecular formula is C73H109N3O7. The predicted octanol–water partition coefficient (Wildman–Crippen LogP) is 13.3. The summed E-state index contributed by atoms with van der Waals surface area (Å²) >= 11 is 0. The first kappa shape index (κ1) is 60.2. The summed E-state index contributed by atoms with van der Waals surface area (Å²) in [5.74, 6) is 2.61. The van der Waals surface area contributed by atoms with Crippen molar-refractivity contribution in [3.8, 4) is 5.75 Å². The van der Waals surface area contributed by atoms with E-state index in [0.29, 0.717) is 56.0 Å². The summed E-state index contributed by atoms with van der Waals surface area (Å²) in [5.41, 5.74) is 10.7. The van der Waals surface area contributed by atoms with E-state index in [-0.39, 0.29) is 83.4 Å². The van der Waals surface area contributed by atoms with Crippen molar-refractivity contribution < 1.29 is 34.8 Å². The molecule has 21 unspecified atom stereocenters. The molecular weight excluding hydrogens is 1030 g/mol. The highest BCUT2D eigenvalue weighted by atomic mass is 16.6. The molecule has 4 bridgehead atoms. The molecule has 0 amide bonds. The SMILES string of the molecule is CCCCCC1CC2CCCC3CCC(C(O)C4OC4(C)C4CCCC4c4cc(N)cc(CC(C)C)c4)C(C4=C5CCC6C7(C)CC(c8cc(O)cc(CNC)c8)C(=O)C8(C)CCCCC(C)(O)CNC(CC6(C1CO)C5(C)CC4=O)C87)C32. The van der Waals surface area contributed by atoms with Gasteiger partial charge in [-0.1, -0.05) is 123 Å². The Labute approximate surface area is 499 Å². The normalized spacial score (nSPS) is 44.4. The van der Waals surface area contributed by atoms with Crippen LogP contribution < -0.4 is 16.4 Å². The Hall–Kier alpha value is -3.12. The van der Waals surface area contributed by atoms with Crippen LogP contribution in [0.4, 0.5) is 5.69 Å². The lowest BCUT2D eigenvalue weighted by Crippen LogP contribution is -2.73. The number of aliphatic hydroxyl groups excluding tert-OH is 2. The number of carbonyl (C=O) groups is 2. The molecule has 2 aromatic rings. The first-order valence-electron chi connectivity index (χ1n) is 34.2. The summed E-state index contributed by atoms with van der Waals surface area (Å²) < 4.78 is 7.09. The number of unbranched alkanes of at least 4 members (excludes halogenated alkanes) is 2. The monoisotopic (exact) mass is 1140 g/mol. The standard InChI is InChI=1S/C73H109N3O7/c1-10-11-12-17-46-33-47-19-15-18-45-22-23-53(64(80)67-72(8,83-67)55-21-16-20-52(55)48-29-43(28-42(2)3)31-50(74)34-48)62(61(45)47)63-56-24-25-60-70(6)36-54(49-30-44(39-75-9)32-51(78)35-49)66(81)69(5)27-14-13-26-68(4,82)41-76-58(65(69)70)37-73(60,57(46)40-77)71(56,7)38-59(63)79/h29-32,34-35,42,45-47,52-55,57-58,60-62,64-65,67,75-78,80,82H,10-28,33,36-41,74H2,1-9H3. The Morgan fingerprint density at radius 3 is 2.37 bits per heavy atom. The minimum absolute atomic E-state index is 0.0497. The Bertz CT molecular complexity index is 2790. The molecule has 2 saturated heterocycles. The third-order valence-corrected chi connectivity index (χ3v) is 26.5. The van der Waals surface area contributed by atoms with Gasteiger partial charge in [0.15, 0.2) is 5.78 Å². The van der Waals surface area contributed by atoms with E-state index in [9.17, 15) is 20.4 Å². The van der Waals surface area contributed by atoms with Gasteiger partial charge in [-0.25, -0.2) is 0 Å². The zero-order valence-electron chi connectivity index (χ0n) is 52.7. The van der Waals surface area contributed by atoms with Crippen molar-refractivity contribution in [2.75, 3.05) is 25.9 Å². The fourth-order valence-corrected chi connectivity index (χ4v) is 23.6. The quantitative estimate of drug-likeness (QED) is 0.0547. The second-order valence-corrected chi connectivity index (χ2v) is 31.9. The first-order chi connectivity index (χ1) is 39.5. The van der Waals surface area contributed by atoms with E-state index >= 15 is 9.59 Å². The lowest BCUT2D eigenvalue weighted by atomic mass is 9.30. The van der Waals surface area contributed by atoms with Crippen LogP contribution in [-0.2, 0) is 27.3 Å². The van der Waals surface area contributed by atoms with Crippen LogP contribution in [0.3, 0.4) is 0 Å². The second kappa shape index (κ2) is 22.5. The van der Waals surface area contributed by atoms with Crippen molar-refractivity contribution >= 4 is 17.3 Å². The Balaban J connectivity index is 1.01. The van der Waals surface area contributed by atoms with Gasteiger partial charge in [0, 0.05) is 54.6 Å². The molecule has 8 N–H and O–H groups in total. The molecule has 1 spiro atoms. The van der Waals surface area contributed by atoms with Gasteiger partial charge in [-0.05, 0) is 232 Å². The molecule has 0 aromatic heterocycles. The molecule has 10 heteroatoms. The van der Waals surface area contributed by atoms with Crippen molar-refractivity contribution in [3.63, 3.8) is 0 Å². The maximum atomic E-state index is 16.4. The van der Waals surface area contributed by atoms with Crippen molar-refractivity contribution in [3.05, 3.63) is 69.8 Å². The van der Waals surface area contributed by atoms with Gasteiger partial charge in [0.2, 0.25) is 0 Å². The number of nitrogens with two attached hydrogens (primary N) is 1. The number of nitrogen functional groups attached to an aromatic ring is 1. The minimum atomic E-state index is -0.936. The van der Waals surface area contributed by atoms with Crippen LogP contribution in [0, 0.1) is 86.8 Å². The van der Waals surface area contributed by atoms with Crippen molar-refractivity contribution in [1.29, 1.82) is 0 Å². The molecule has 2 heterocycles.